The van der Waals surface area contributed by atoms with Gasteiger partial charge in [0.25, 0.3) is 0 Å². The summed E-state index contributed by atoms with van der Waals surface area (Å²) in [5.41, 5.74) is 4.50. The highest BCUT2D eigenvalue weighted by Gasteiger charge is 2.13. The Morgan fingerprint density at radius 2 is 1.30 bits per heavy atom. The van der Waals surface area contributed by atoms with Crippen LogP contribution in [0.2, 0.25) is 0 Å². The van der Waals surface area contributed by atoms with Gasteiger partial charge in [0.2, 0.25) is 0 Å². The van der Waals surface area contributed by atoms with Crippen molar-refractivity contribution in [1.29, 1.82) is 0 Å². The fourth-order valence-electron chi connectivity index (χ4n) is 2.12. The first kappa shape index (κ1) is 14.0. The van der Waals surface area contributed by atoms with Gasteiger partial charge in [-0.3, -0.25) is 4.79 Å². The van der Waals surface area contributed by atoms with Crippen LogP contribution in [0.15, 0.2) is 36.4 Å². The van der Waals surface area contributed by atoms with E-state index in [0.717, 1.165) is 16.7 Å². The lowest BCUT2D eigenvalue weighted by atomic mass is 9.94. The van der Waals surface area contributed by atoms with Gasteiger partial charge in [-0.2, -0.15) is 0 Å². The maximum Gasteiger partial charge on any atom is 0.335 e. The monoisotopic (exact) mass is 268 g/mol. The number of carbonyl (C=O) groups excluding carboxylic acids is 1. The highest BCUT2D eigenvalue weighted by atomic mass is 16.4. The molecular formula is C17H16O3. The van der Waals surface area contributed by atoms with Crippen LogP contribution in [-0.2, 0) is 0 Å². The third-order valence-corrected chi connectivity index (χ3v) is 3.48. The number of aromatic carboxylic acids is 1. The van der Waals surface area contributed by atoms with Crippen molar-refractivity contribution in [3.63, 3.8) is 0 Å². The average Bonchev–Trinajstić information content (AvgIpc) is 2.42. The van der Waals surface area contributed by atoms with Gasteiger partial charge in [0.15, 0.2) is 5.78 Å². The Morgan fingerprint density at radius 3 is 1.85 bits per heavy atom. The molecule has 0 aliphatic heterocycles. The largest absolute Gasteiger partial charge is 0.478 e. The lowest BCUT2D eigenvalue weighted by Crippen LogP contribution is -2.06. The molecule has 2 rings (SSSR count). The maximum atomic E-state index is 12.5. The van der Waals surface area contributed by atoms with Crippen molar-refractivity contribution in [3.8, 4) is 0 Å². The molecule has 3 nitrogen and oxygen atoms in total. The molecule has 102 valence electrons. The Labute approximate surface area is 117 Å². The Morgan fingerprint density at radius 1 is 0.800 bits per heavy atom. The number of carboxylic acid groups (broad SMARTS) is 1. The van der Waals surface area contributed by atoms with E-state index in [1.165, 1.54) is 12.1 Å². The smallest absolute Gasteiger partial charge is 0.335 e. The number of benzene rings is 2. The van der Waals surface area contributed by atoms with E-state index in [2.05, 4.69) is 0 Å². The minimum atomic E-state index is -0.994. The normalized spacial score (nSPS) is 10.3. The minimum Gasteiger partial charge on any atom is -0.478 e. The van der Waals surface area contributed by atoms with Crippen molar-refractivity contribution in [2.75, 3.05) is 0 Å². The molecule has 0 atom stereocenters. The number of ketones is 1. The van der Waals surface area contributed by atoms with Crippen molar-refractivity contribution >= 4 is 11.8 Å². The summed E-state index contributed by atoms with van der Waals surface area (Å²) in [4.78, 5) is 23.3. The zero-order valence-electron chi connectivity index (χ0n) is 11.7. The van der Waals surface area contributed by atoms with Gasteiger partial charge in [-0.1, -0.05) is 18.2 Å². The van der Waals surface area contributed by atoms with Crippen LogP contribution in [0.1, 0.15) is 43.0 Å². The first-order chi connectivity index (χ1) is 9.40. The van der Waals surface area contributed by atoms with Crippen molar-refractivity contribution in [2.24, 2.45) is 0 Å². The molecule has 0 aromatic heterocycles. The molecule has 0 radical (unpaired) electrons. The van der Waals surface area contributed by atoms with Crippen molar-refractivity contribution < 1.29 is 14.7 Å². The fraction of sp³-hybridized carbons (Fsp3) is 0.176. The van der Waals surface area contributed by atoms with Gasteiger partial charge in [-0.05, 0) is 55.7 Å². The number of carbonyl (C=O) groups is 2. The van der Waals surface area contributed by atoms with Crippen LogP contribution in [0.5, 0.6) is 0 Å². The van der Waals surface area contributed by atoms with E-state index in [4.69, 9.17) is 5.11 Å². The third-order valence-electron chi connectivity index (χ3n) is 3.48. The van der Waals surface area contributed by atoms with E-state index < -0.39 is 5.97 Å². The minimum absolute atomic E-state index is 0.0810. The highest BCUT2D eigenvalue weighted by Crippen LogP contribution is 2.19. The van der Waals surface area contributed by atoms with Gasteiger partial charge in [0.05, 0.1) is 5.56 Å². The number of rotatable bonds is 3. The second-order valence-electron chi connectivity index (χ2n) is 4.96. The van der Waals surface area contributed by atoms with Gasteiger partial charge in [-0.15, -0.1) is 0 Å². The molecule has 1 N–H and O–H groups in total. The Balaban J connectivity index is 2.41. The van der Waals surface area contributed by atoms with E-state index in [0.29, 0.717) is 11.1 Å². The molecule has 0 amide bonds. The van der Waals surface area contributed by atoms with Crippen LogP contribution in [0.25, 0.3) is 0 Å². The number of hydrogen-bond acceptors (Lipinski definition) is 2. The Bertz CT molecular complexity index is 682. The average molecular weight is 268 g/mol. The summed E-state index contributed by atoms with van der Waals surface area (Å²) in [6.07, 6.45) is 0. The lowest BCUT2D eigenvalue weighted by molar-refractivity contribution is 0.0696. The highest BCUT2D eigenvalue weighted by molar-refractivity contribution is 6.10. The lowest BCUT2D eigenvalue weighted by Gasteiger charge is -2.09. The molecule has 0 spiro atoms. The van der Waals surface area contributed by atoms with Crippen LogP contribution < -0.4 is 0 Å². The van der Waals surface area contributed by atoms with Crippen LogP contribution in [0, 0.1) is 20.8 Å². The second-order valence-corrected chi connectivity index (χ2v) is 4.96. The summed E-state index contributed by atoms with van der Waals surface area (Å²) < 4.78 is 0. The van der Waals surface area contributed by atoms with E-state index in [1.54, 1.807) is 12.1 Å². The zero-order valence-corrected chi connectivity index (χ0v) is 11.7. The molecule has 2 aromatic carbocycles. The number of hydrogen-bond donors (Lipinski definition) is 1. The molecule has 0 aliphatic carbocycles. The molecule has 0 heterocycles. The number of carboxylic acids is 1. The van der Waals surface area contributed by atoms with E-state index in [-0.39, 0.29) is 11.3 Å². The summed E-state index contributed by atoms with van der Waals surface area (Å²) in [5.74, 6) is -1.08. The predicted octanol–water partition coefficient (Wildman–Crippen LogP) is 3.54. The molecule has 2 aromatic rings. The van der Waals surface area contributed by atoms with Crippen LogP contribution in [-0.4, -0.2) is 16.9 Å². The number of aryl methyl sites for hydroxylation is 3. The van der Waals surface area contributed by atoms with E-state index in [9.17, 15) is 9.59 Å². The summed E-state index contributed by atoms with van der Waals surface area (Å²) in [6, 6.07) is 9.89. The molecule has 3 heteroatoms. The summed E-state index contributed by atoms with van der Waals surface area (Å²) in [5, 5.41) is 8.86. The van der Waals surface area contributed by atoms with Gasteiger partial charge >= 0.3 is 5.97 Å². The second kappa shape index (κ2) is 5.29. The molecule has 20 heavy (non-hydrogen) atoms. The molecule has 0 fully saturated rings. The van der Waals surface area contributed by atoms with Crippen LogP contribution in [0.3, 0.4) is 0 Å². The third kappa shape index (κ3) is 2.62. The first-order valence-corrected chi connectivity index (χ1v) is 6.36. The van der Waals surface area contributed by atoms with Crippen LogP contribution in [0.4, 0.5) is 0 Å². The quantitative estimate of drug-likeness (QED) is 0.866. The molecular weight excluding hydrogens is 252 g/mol. The maximum absolute atomic E-state index is 12.5. The molecule has 0 aliphatic rings. The topological polar surface area (TPSA) is 54.4 Å². The van der Waals surface area contributed by atoms with E-state index in [1.807, 2.05) is 32.9 Å². The standard InChI is InChI=1S/C17H16O3/c1-10-8-12(3)15(9-11(10)2)16(18)13-4-6-14(7-5-13)17(19)20/h4-9H,1-3H3,(H,19,20). The van der Waals surface area contributed by atoms with E-state index >= 15 is 0 Å². The van der Waals surface area contributed by atoms with Crippen molar-refractivity contribution in [1.82, 2.24) is 0 Å². The van der Waals surface area contributed by atoms with Gasteiger partial charge in [0, 0.05) is 11.1 Å². The van der Waals surface area contributed by atoms with Gasteiger partial charge in [0.1, 0.15) is 0 Å². The SMILES string of the molecule is Cc1cc(C)c(C(=O)c2ccc(C(=O)O)cc2)cc1C. The van der Waals surface area contributed by atoms with Crippen LogP contribution >= 0.6 is 0 Å². The summed E-state index contributed by atoms with van der Waals surface area (Å²) >= 11 is 0. The van der Waals surface area contributed by atoms with Crippen molar-refractivity contribution in [3.05, 3.63) is 69.8 Å². The Kier molecular flexibility index (Phi) is 3.70. The molecule has 0 unspecified atom stereocenters. The Hall–Kier alpha value is -2.42. The first-order valence-electron chi connectivity index (χ1n) is 6.36. The van der Waals surface area contributed by atoms with Crippen molar-refractivity contribution in [2.45, 2.75) is 20.8 Å². The molecule has 0 saturated heterocycles. The molecule has 0 bridgehead atoms. The summed E-state index contributed by atoms with van der Waals surface area (Å²) in [6.45, 7) is 5.89. The van der Waals surface area contributed by atoms with Gasteiger partial charge in [-0.25, -0.2) is 4.79 Å². The summed E-state index contributed by atoms with van der Waals surface area (Å²) in [7, 11) is 0. The zero-order chi connectivity index (χ0) is 14.9. The predicted molar refractivity (Wildman–Crippen MR) is 77.5 cm³/mol. The fourth-order valence-corrected chi connectivity index (χ4v) is 2.12. The molecule has 0 saturated carbocycles. The van der Waals surface area contributed by atoms with Gasteiger partial charge < -0.3 is 5.11 Å².